The molecule has 174 valence electrons. The lowest BCUT2D eigenvalue weighted by atomic mass is 9.92. The topological polar surface area (TPSA) is 84.4 Å². The number of carbonyl (C=O) groups excluding carboxylic acids is 2. The molecule has 3 aromatic rings. The maximum absolute atomic E-state index is 13.5. The summed E-state index contributed by atoms with van der Waals surface area (Å²) in [6, 6.07) is 18.4. The number of hydroxylamine groups is 1. The summed E-state index contributed by atoms with van der Waals surface area (Å²) in [7, 11) is 1.48. The van der Waals surface area contributed by atoms with Crippen LogP contribution in [0.1, 0.15) is 53.8 Å². The van der Waals surface area contributed by atoms with Gasteiger partial charge in [-0.1, -0.05) is 67.9 Å². The number of anilines is 1. The number of aryl methyl sites for hydroxylation is 2. The van der Waals surface area contributed by atoms with Gasteiger partial charge >= 0.3 is 5.91 Å². The van der Waals surface area contributed by atoms with Crippen molar-refractivity contribution in [3.8, 4) is 0 Å². The quantitative estimate of drug-likeness (QED) is 0.335. The van der Waals surface area contributed by atoms with E-state index in [-0.39, 0.29) is 0 Å². The van der Waals surface area contributed by atoms with Gasteiger partial charge in [0.2, 0.25) is 0 Å². The van der Waals surface area contributed by atoms with E-state index in [1.807, 2.05) is 62.4 Å². The van der Waals surface area contributed by atoms with E-state index < -0.39 is 17.7 Å². The van der Waals surface area contributed by atoms with Crippen molar-refractivity contribution in [2.45, 2.75) is 39.7 Å². The lowest BCUT2D eigenvalue weighted by Gasteiger charge is -2.25. The van der Waals surface area contributed by atoms with Crippen molar-refractivity contribution >= 4 is 23.2 Å². The molecule has 4 rings (SSSR count). The Morgan fingerprint density at radius 1 is 0.941 bits per heavy atom. The lowest BCUT2D eigenvalue weighted by molar-refractivity contribution is -0.132. The second-order valence-electron chi connectivity index (χ2n) is 8.72. The van der Waals surface area contributed by atoms with Gasteiger partial charge in [0, 0.05) is 5.56 Å². The molecule has 1 saturated heterocycles. The first-order valence-corrected chi connectivity index (χ1v) is 11.2. The van der Waals surface area contributed by atoms with Crippen molar-refractivity contribution in [2.75, 3.05) is 12.0 Å². The number of aromatic nitrogens is 2. The first-order chi connectivity index (χ1) is 16.3. The first-order valence-electron chi connectivity index (χ1n) is 11.2. The fourth-order valence-electron chi connectivity index (χ4n) is 4.07. The number of nitrogens with one attached hydrogen (secondary N) is 1. The van der Waals surface area contributed by atoms with E-state index in [0.717, 1.165) is 22.4 Å². The monoisotopic (exact) mass is 456 g/mol. The molecule has 1 N–H and O–H groups in total. The number of benzene rings is 2. The van der Waals surface area contributed by atoms with E-state index in [1.54, 1.807) is 12.1 Å². The molecular formula is C27H28N4O3. The summed E-state index contributed by atoms with van der Waals surface area (Å²) in [4.78, 5) is 33.5. The van der Waals surface area contributed by atoms with Gasteiger partial charge in [0.15, 0.2) is 5.82 Å². The molecule has 1 aliphatic rings. The van der Waals surface area contributed by atoms with Crippen molar-refractivity contribution in [2.24, 2.45) is 0 Å². The number of carbonyl (C=O) groups is 2. The van der Waals surface area contributed by atoms with Gasteiger partial charge in [0.05, 0.1) is 30.1 Å². The summed E-state index contributed by atoms with van der Waals surface area (Å²) in [6.07, 6.45) is 0. The second-order valence-corrected chi connectivity index (χ2v) is 8.72. The molecule has 7 nitrogen and oxygen atoms in total. The average molecular weight is 457 g/mol. The summed E-state index contributed by atoms with van der Waals surface area (Å²) in [6.45, 7) is 8.05. The number of Topliss-reactive ketones (excluding diaryl/α,β-unsaturated/α-hetero) is 1. The van der Waals surface area contributed by atoms with Crippen LogP contribution in [0.3, 0.4) is 0 Å². The highest BCUT2D eigenvalue weighted by Crippen LogP contribution is 2.41. The Kier molecular flexibility index (Phi) is 6.56. The van der Waals surface area contributed by atoms with Crippen LogP contribution in [0, 0.1) is 13.8 Å². The summed E-state index contributed by atoms with van der Waals surface area (Å²) >= 11 is 0. The number of amides is 1. The van der Waals surface area contributed by atoms with Crippen molar-refractivity contribution < 1.29 is 14.4 Å². The summed E-state index contributed by atoms with van der Waals surface area (Å²) in [5.74, 6) is -0.597. The van der Waals surface area contributed by atoms with Crippen LogP contribution in [-0.4, -0.2) is 29.0 Å². The molecule has 0 aliphatic carbocycles. The minimum atomic E-state index is -0.697. The van der Waals surface area contributed by atoms with Crippen LogP contribution in [0.25, 0.3) is 5.70 Å². The minimum Gasteiger partial charge on any atom is -0.283 e. The highest BCUT2D eigenvalue weighted by Gasteiger charge is 2.47. The smallest absolute Gasteiger partial charge is 0.283 e. The third-order valence-corrected chi connectivity index (χ3v) is 5.95. The number of hydrogen-bond acceptors (Lipinski definition) is 6. The molecule has 0 spiro atoms. The Morgan fingerprint density at radius 2 is 1.62 bits per heavy atom. The second kappa shape index (κ2) is 9.57. The highest BCUT2D eigenvalue weighted by atomic mass is 16.6. The largest absolute Gasteiger partial charge is 0.301 e. The van der Waals surface area contributed by atoms with Crippen molar-refractivity contribution in [3.63, 3.8) is 0 Å². The fraction of sp³-hybridized carbons (Fsp3) is 0.259. The SMILES string of the molecule is CONC(=C1C(=O)C(=O)N(c2ccc(C)nn2)C1c1ccc(C(C)C)cc1)c1ccc(C)cc1. The van der Waals surface area contributed by atoms with Crippen LogP contribution in [0.15, 0.2) is 66.2 Å². The normalized spacial score (nSPS) is 17.5. The molecule has 1 fully saturated rings. The molecule has 0 radical (unpaired) electrons. The van der Waals surface area contributed by atoms with Gasteiger partial charge in [-0.3, -0.25) is 24.8 Å². The fourth-order valence-corrected chi connectivity index (χ4v) is 4.07. The van der Waals surface area contributed by atoms with E-state index in [0.29, 0.717) is 23.0 Å². The number of hydrogen-bond donors (Lipinski definition) is 1. The van der Waals surface area contributed by atoms with Crippen LogP contribution in [-0.2, 0) is 14.4 Å². The maximum atomic E-state index is 13.5. The molecule has 0 bridgehead atoms. The number of ketones is 1. The van der Waals surface area contributed by atoms with Crippen molar-refractivity contribution in [1.29, 1.82) is 0 Å². The van der Waals surface area contributed by atoms with E-state index >= 15 is 0 Å². The Morgan fingerprint density at radius 3 is 2.18 bits per heavy atom. The Bertz CT molecular complexity index is 1230. The van der Waals surface area contributed by atoms with Crippen LogP contribution >= 0.6 is 0 Å². The molecule has 0 saturated carbocycles. The van der Waals surface area contributed by atoms with Gasteiger partial charge in [0.1, 0.15) is 0 Å². The molecule has 1 amide bonds. The van der Waals surface area contributed by atoms with Crippen LogP contribution in [0.2, 0.25) is 0 Å². The van der Waals surface area contributed by atoms with Crippen molar-refractivity contribution in [1.82, 2.24) is 15.7 Å². The van der Waals surface area contributed by atoms with Gasteiger partial charge in [-0.15, -0.1) is 5.10 Å². The van der Waals surface area contributed by atoms with Gasteiger partial charge in [-0.2, -0.15) is 5.10 Å². The molecule has 2 heterocycles. The maximum Gasteiger partial charge on any atom is 0.301 e. The third kappa shape index (κ3) is 4.34. The zero-order valence-corrected chi connectivity index (χ0v) is 20.0. The van der Waals surface area contributed by atoms with E-state index in [9.17, 15) is 9.59 Å². The third-order valence-electron chi connectivity index (χ3n) is 5.95. The van der Waals surface area contributed by atoms with Crippen LogP contribution < -0.4 is 10.4 Å². The zero-order valence-electron chi connectivity index (χ0n) is 20.0. The predicted molar refractivity (Wildman–Crippen MR) is 131 cm³/mol. The molecule has 2 aromatic carbocycles. The number of nitrogens with zero attached hydrogens (tertiary/aromatic N) is 3. The molecule has 1 atom stereocenters. The molecular weight excluding hydrogens is 428 g/mol. The Labute approximate surface area is 199 Å². The molecule has 1 unspecified atom stereocenters. The lowest BCUT2D eigenvalue weighted by Crippen LogP contribution is -2.30. The average Bonchev–Trinajstić information content (AvgIpc) is 3.09. The predicted octanol–water partition coefficient (Wildman–Crippen LogP) is 4.44. The Hall–Kier alpha value is -3.84. The molecule has 7 heteroatoms. The molecule has 1 aromatic heterocycles. The van der Waals surface area contributed by atoms with Gasteiger partial charge in [0.25, 0.3) is 5.78 Å². The summed E-state index contributed by atoms with van der Waals surface area (Å²) in [5, 5.41) is 8.33. The molecule has 1 aliphatic heterocycles. The van der Waals surface area contributed by atoms with Gasteiger partial charge < -0.3 is 0 Å². The van der Waals surface area contributed by atoms with Crippen LogP contribution in [0.4, 0.5) is 5.82 Å². The van der Waals surface area contributed by atoms with Gasteiger partial charge in [-0.25, -0.2) is 0 Å². The minimum absolute atomic E-state index is 0.301. The standard InChI is InChI=1S/C27H28N4O3/c1-16(2)19-11-13-21(14-12-19)25-23(24(30-34-5)20-9-6-17(3)7-10-20)26(32)27(33)31(25)22-15-8-18(4)28-29-22/h6-16,25,30H,1-5H3. The highest BCUT2D eigenvalue weighted by molar-refractivity contribution is 6.51. The molecule has 34 heavy (non-hydrogen) atoms. The van der Waals surface area contributed by atoms with E-state index in [4.69, 9.17) is 4.84 Å². The van der Waals surface area contributed by atoms with Crippen molar-refractivity contribution in [3.05, 3.63) is 94.2 Å². The summed E-state index contributed by atoms with van der Waals surface area (Å²) < 4.78 is 0. The summed E-state index contributed by atoms with van der Waals surface area (Å²) in [5.41, 5.74) is 8.11. The van der Waals surface area contributed by atoms with Gasteiger partial charge in [-0.05, 0) is 43.0 Å². The number of rotatable bonds is 6. The van der Waals surface area contributed by atoms with Crippen LogP contribution in [0.5, 0.6) is 0 Å². The Balaban J connectivity index is 1.96. The van der Waals surface area contributed by atoms with E-state index in [1.165, 1.54) is 17.6 Å². The first kappa shape index (κ1) is 23.3. The van der Waals surface area contributed by atoms with E-state index in [2.05, 4.69) is 29.5 Å². The zero-order chi connectivity index (χ0) is 24.4.